The second-order valence-corrected chi connectivity index (χ2v) is 7.07. The third-order valence-corrected chi connectivity index (χ3v) is 5.20. The molecule has 0 bridgehead atoms. The van der Waals surface area contributed by atoms with Crippen molar-refractivity contribution in [2.45, 2.75) is 12.5 Å². The number of aromatic nitrogens is 3. The molecule has 29 heavy (non-hydrogen) atoms. The number of carbonyl (C=O) groups excluding carboxylic acids is 1. The number of rotatable bonds is 6. The summed E-state index contributed by atoms with van der Waals surface area (Å²) in [6.07, 6.45) is 0.230. The maximum absolute atomic E-state index is 13.0. The number of hydrogen-bond donors (Lipinski definition) is 1. The van der Waals surface area contributed by atoms with Crippen LogP contribution in [0.1, 0.15) is 28.4 Å². The molecule has 0 amide bonds. The van der Waals surface area contributed by atoms with Crippen LogP contribution in [-0.2, 0) is 0 Å². The third-order valence-electron chi connectivity index (χ3n) is 4.82. The van der Waals surface area contributed by atoms with Gasteiger partial charge in [0.25, 0.3) is 0 Å². The summed E-state index contributed by atoms with van der Waals surface area (Å²) in [5.41, 5.74) is 2.47. The Morgan fingerprint density at radius 1 is 0.897 bits per heavy atom. The van der Waals surface area contributed by atoms with Crippen LogP contribution in [0, 0.1) is 4.77 Å². The second-order valence-electron chi connectivity index (χ2n) is 6.71. The Morgan fingerprint density at radius 3 is 2.07 bits per heavy atom. The quantitative estimate of drug-likeness (QED) is 0.290. The van der Waals surface area contributed by atoms with Gasteiger partial charge in [-0.05, 0) is 17.8 Å². The number of nitrogens with two attached hydrogens (primary N) is 1. The van der Waals surface area contributed by atoms with Crippen LogP contribution in [0.4, 0.5) is 0 Å². The first-order valence-corrected chi connectivity index (χ1v) is 9.71. The topological polar surface area (TPSA) is 65.8 Å². The lowest BCUT2D eigenvalue weighted by atomic mass is 9.98. The van der Waals surface area contributed by atoms with E-state index in [1.807, 2.05) is 91.0 Å². The summed E-state index contributed by atoms with van der Waals surface area (Å²) in [5.74, 6) is 6.82. The predicted octanol–water partition coefficient (Wildman–Crippen LogP) is 4.66. The number of nitrogen functional groups attached to an aromatic ring is 1. The zero-order valence-electron chi connectivity index (χ0n) is 15.7. The summed E-state index contributed by atoms with van der Waals surface area (Å²) in [6, 6.07) is 28.3. The molecule has 4 rings (SSSR count). The zero-order valence-corrected chi connectivity index (χ0v) is 16.5. The van der Waals surface area contributed by atoms with Crippen molar-refractivity contribution in [1.82, 2.24) is 14.5 Å². The maximum Gasteiger partial charge on any atom is 0.217 e. The van der Waals surface area contributed by atoms with E-state index in [0.717, 1.165) is 11.1 Å². The monoisotopic (exact) mass is 400 g/mol. The minimum absolute atomic E-state index is 0.0224. The molecule has 6 heteroatoms. The predicted molar refractivity (Wildman–Crippen MR) is 117 cm³/mol. The SMILES string of the molecule is Nn1c(-c2ccccc2)nn([C@H](CC(=O)c2ccccc2)c2ccccc2)c1=S. The summed E-state index contributed by atoms with van der Waals surface area (Å²) < 4.78 is 3.43. The van der Waals surface area contributed by atoms with Crippen LogP contribution in [0.3, 0.4) is 0 Å². The van der Waals surface area contributed by atoms with Gasteiger partial charge in [-0.15, -0.1) is 5.10 Å². The Kier molecular flexibility index (Phi) is 5.35. The van der Waals surface area contributed by atoms with Crippen molar-refractivity contribution in [1.29, 1.82) is 0 Å². The highest BCUT2D eigenvalue weighted by Crippen LogP contribution is 2.26. The molecule has 1 atom stereocenters. The smallest absolute Gasteiger partial charge is 0.217 e. The van der Waals surface area contributed by atoms with Crippen LogP contribution in [-0.4, -0.2) is 20.2 Å². The van der Waals surface area contributed by atoms with E-state index in [-0.39, 0.29) is 18.2 Å². The molecule has 0 spiro atoms. The molecule has 0 radical (unpaired) electrons. The van der Waals surface area contributed by atoms with Crippen LogP contribution in [0.2, 0.25) is 0 Å². The van der Waals surface area contributed by atoms with Crippen molar-refractivity contribution in [3.05, 3.63) is 107 Å². The van der Waals surface area contributed by atoms with Gasteiger partial charge in [-0.25, -0.2) is 9.36 Å². The fourth-order valence-corrected chi connectivity index (χ4v) is 3.57. The van der Waals surface area contributed by atoms with E-state index in [2.05, 4.69) is 0 Å². The summed E-state index contributed by atoms with van der Waals surface area (Å²) in [6.45, 7) is 0. The highest BCUT2D eigenvalue weighted by molar-refractivity contribution is 7.71. The Balaban J connectivity index is 1.78. The summed E-state index contributed by atoms with van der Waals surface area (Å²) >= 11 is 5.59. The van der Waals surface area contributed by atoms with Crippen molar-refractivity contribution >= 4 is 18.0 Å². The molecule has 2 N–H and O–H groups in total. The van der Waals surface area contributed by atoms with Crippen molar-refractivity contribution in [3.63, 3.8) is 0 Å². The van der Waals surface area contributed by atoms with Gasteiger partial charge in [-0.1, -0.05) is 91.0 Å². The molecule has 3 aromatic carbocycles. The second kappa shape index (κ2) is 8.24. The van der Waals surface area contributed by atoms with E-state index in [1.165, 1.54) is 4.68 Å². The van der Waals surface area contributed by atoms with E-state index in [0.29, 0.717) is 16.2 Å². The number of Topliss-reactive ketones (excluding diaryl/α,β-unsaturated/α-hetero) is 1. The fourth-order valence-electron chi connectivity index (χ4n) is 3.32. The maximum atomic E-state index is 13.0. The number of carbonyl (C=O) groups is 1. The molecule has 0 aliphatic carbocycles. The van der Waals surface area contributed by atoms with Crippen LogP contribution in [0.15, 0.2) is 91.0 Å². The molecule has 0 unspecified atom stereocenters. The van der Waals surface area contributed by atoms with Gasteiger partial charge in [0, 0.05) is 17.5 Å². The molecule has 0 aliphatic rings. The van der Waals surface area contributed by atoms with Gasteiger partial charge in [-0.2, -0.15) is 0 Å². The highest BCUT2D eigenvalue weighted by Gasteiger charge is 2.23. The molecule has 1 heterocycles. The van der Waals surface area contributed by atoms with E-state index in [4.69, 9.17) is 23.2 Å². The van der Waals surface area contributed by atoms with Gasteiger partial charge in [0.05, 0.1) is 6.04 Å². The lowest BCUT2D eigenvalue weighted by molar-refractivity contribution is 0.0967. The lowest BCUT2D eigenvalue weighted by Gasteiger charge is -2.17. The van der Waals surface area contributed by atoms with E-state index >= 15 is 0 Å². The van der Waals surface area contributed by atoms with E-state index < -0.39 is 0 Å². The normalized spacial score (nSPS) is 11.9. The average molecular weight is 401 g/mol. The first-order chi connectivity index (χ1) is 14.1. The highest BCUT2D eigenvalue weighted by atomic mass is 32.1. The molecular formula is C23H20N4OS. The third kappa shape index (κ3) is 3.88. The van der Waals surface area contributed by atoms with Crippen LogP contribution in [0.25, 0.3) is 11.4 Å². The van der Waals surface area contributed by atoms with Crippen molar-refractivity contribution in [2.75, 3.05) is 5.84 Å². The molecule has 1 aromatic heterocycles. The van der Waals surface area contributed by atoms with Crippen LogP contribution < -0.4 is 5.84 Å². The lowest BCUT2D eigenvalue weighted by Crippen LogP contribution is -2.18. The minimum Gasteiger partial charge on any atom is -0.335 e. The fraction of sp³-hybridized carbons (Fsp3) is 0.0870. The Labute approximate surface area is 174 Å². The Hall–Kier alpha value is -3.51. The molecule has 4 aromatic rings. The first kappa shape index (κ1) is 18.8. The zero-order chi connectivity index (χ0) is 20.2. The molecule has 144 valence electrons. The van der Waals surface area contributed by atoms with E-state index in [9.17, 15) is 4.79 Å². The molecule has 0 saturated carbocycles. The molecule has 5 nitrogen and oxygen atoms in total. The van der Waals surface area contributed by atoms with Crippen LogP contribution >= 0.6 is 12.2 Å². The van der Waals surface area contributed by atoms with Gasteiger partial charge in [0.1, 0.15) is 0 Å². The average Bonchev–Trinajstić information content (AvgIpc) is 3.08. The van der Waals surface area contributed by atoms with E-state index in [1.54, 1.807) is 4.68 Å². The summed E-state index contributed by atoms with van der Waals surface area (Å²) in [5, 5.41) is 4.70. The summed E-state index contributed by atoms with van der Waals surface area (Å²) in [4.78, 5) is 13.0. The van der Waals surface area contributed by atoms with Crippen molar-refractivity contribution in [3.8, 4) is 11.4 Å². The Morgan fingerprint density at radius 2 is 1.45 bits per heavy atom. The molecular weight excluding hydrogens is 380 g/mol. The first-order valence-electron chi connectivity index (χ1n) is 9.30. The van der Waals surface area contributed by atoms with Crippen molar-refractivity contribution in [2.24, 2.45) is 0 Å². The van der Waals surface area contributed by atoms with Gasteiger partial charge in [-0.3, -0.25) is 4.79 Å². The molecule has 0 fully saturated rings. The van der Waals surface area contributed by atoms with Gasteiger partial charge >= 0.3 is 0 Å². The molecule has 0 saturated heterocycles. The minimum atomic E-state index is -0.358. The number of benzene rings is 3. The number of ketones is 1. The van der Waals surface area contributed by atoms with Crippen molar-refractivity contribution < 1.29 is 4.79 Å². The van der Waals surface area contributed by atoms with Gasteiger partial charge < -0.3 is 5.84 Å². The van der Waals surface area contributed by atoms with Gasteiger partial charge in [0.15, 0.2) is 11.6 Å². The summed E-state index contributed by atoms with van der Waals surface area (Å²) in [7, 11) is 0. The number of hydrogen-bond acceptors (Lipinski definition) is 4. The number of nitrogens with zero attached hydrogens (tertiary/aromatic N) is 3. The largest absolute Gasteiger partial charge is 0.335 e. The Bertz CT molecular complexity index is 1170. The standard InChI is InChI=1S/C23H20N4OS/c24-26-22(19-14-8-3-9-15-19)25-27(23(26)29)20(17-10-4-1-5-11-17)16-21(28)18-12-6-2-7-13-18/h1-15,20H,16,24H2/t20-/m1/s1. The molecule has 0 aliphatic heterocycles. The van der Waals surface area contributed by atoms with Crippen LogP contribution in [0.5, 0.6) is 0 Å². The van der Waals surface area contributed by atoms with Gasteiger partial charge in [0.2, 0.25) is 4.77 Å².